The molecule has 1 aromatic heterocycles. The molecule has 17 heavy (non-hydrogen) atoms. The highest BCUT2D eigenvalue weighted by molar-refractivity contribution is 7.05. The SMILES string of the molecule is CC(C)(C)c1nnsc1C(O)CCC(F)(F)F. The van der Waals surface area contributed by atoms with Crippen molar-refractivity contribution in [1.82, 2.24) is 9.59 Å². The lowest BCUT2D eigenvalue weighted by Crippen LogP contribution is -2.16. The minimum atomic E-state index is -4.25. The lowest BCUT2D eigenvalue weighted by atomic mass is 9.90. The Balaban J connectivity index is 2.77. The summed E-state index contributed by atoms with van der Waals surface area (Å²) in [6.07, 6.45) is -6.75. The fourth-order valence-electron chi connectivity index (χ4n) is 1.37. The van der Waals surface area contributed by atoms with Gasteiger partial charge in [0.2, 0.25) is 0 Å². The molecule has 0 spiro atoms. The Morgan fingerprint density at radius 3 is 2.35 bits per heavy atom. The largest absolute Gasteiger partial charge is 0.389 e. The van der Waals surface area contributed by atoms with Gasteiger partial charge in [-0.15, -0.1) is 5.10 Å². The number of aliphatic hydroxyl groups is 1. The molecule has 0 fully saturated rings. The summed E-state index contributed by atoms with van der Waals surface area (Å²) in [6.45, 7) is 5.64. The summed E-state index contributed by atoms with van der Waals surface area (Å²) in [7, 11) is 0. The molecule has 7 heteroatoms. The van der Waals surface area contributed by atoms with E-state index in [0.29, 0.717) is 10.6 Å². The number of hydrogen-bond donors (Lipinski definition) is 1. The van der Waals surface area contributed by atoms with Gasteiger partial charge in [0, 0.05) is 11.8 Å². The van der Waals surface area contributed by atoms with Crippen LogP contribution in [0, 0.1) is 0 Å². The number of rotatable bonds is 3. The molecule has 1 rings (SSSR count). The predicted molar refractivity (Wildman–Crippen MR) is 58.9 cm³/mol. The third-order valence-corrected chi connectivity index (χ3v) is 3.05. The predicted octanol–water partition coefficient (Wildman–Crippen LogP) is 3.21. The number of halogens is 3. The molecule has 0 aliphatic heterocycles. The van der Waals surface area contributed by atoms with Crippen molar-refractivity contribution in [3.8, 4) is 0 Å². The van der Waals surface area contributed by atoms with Crippen molar-refractivity contribution in [2.75, 3.05) is 0 Å². The molecule has 0 aromatic carbocycles. The summed E-state index contributed by atoms with van der Waals surface area (Å²) in [4.78, 5) is 0.432. The molecule has 0 amide bonds. The molecule has 1 atom stereocenters. The van der Waals surface area contributed by atoms with Crippen molar-refractivity contribution in [2.24, 2.45) is 0 Å². The van der Waals surface area contributed by atoms with Gasteiger partial charge in [-0.25, -0.2) is 0 Å². The zero-order chi connectivity index (χ0) is 13.3. The Bertz CT molecular complexity index is 370. The highest BCUT2D eigenvalue weighted by atomic mass is 32.1. The maximum atomic E-state index is 12.1. The summed E-state index contributed by atoms with van der Waals surface area (Å²) < 4.78 is 39.9. The third-order valence-electron chi connectivity index (χ3n) is 2.23. The number of alkyl halides is 3. The topological polar surface area (TPSA) is 46.0 Å². The Morgan fingerprint density at radius 2 is 1.88 bits per heavy atom. The normalized spacial score (nSPS) is 15.0. The van der Waals surface area contributed by atoms with Crippen LogP contribution >= 0.6 is 11.5 Å². The van der Waals surface area contributed by atoms with Crippen molar-refractivity contribution in [3.05, 3.63) is 10.6 Å². The average Bonchev–Trinajstić information content (AvgIpc) is 2.60. The van der Waals surface area contributed by atoms with Gasteiger partial charge in [0.15, 0.2) is 0 Å². The Labute approximate surface area is 102 Å². The van der Waals surface area contributed by atoms with Crippen molar-refractivity contribution in [1.29, 1.82) is 0 Å². The van der Waals surface area contributed by atoms with Crippen LogP contribution in [0.4, 0.5) is 13.2 Å². The van der Waals surface area contributed by atoms with E-state index in [9.17, 15) is 18.3 Å². The van der Waals surface area contributed by atoms with Gasteiger partial charge in [0.25, 0.3) is 0 Å². The molecule has 0 aliphatic rings. The van der Waals surface area contributed by atoms with Crippen LogP contribution in [0.15, 0.2) is 0 Å². The van der Waals surface area contributed by atoms with Crippen LogP contribution in [0.3, 0.4) is 0 Å². The fraction of sp³-hybridized carbons (Fsp3) is 0.800. The summed E-state index contributed by atoms with van der Waals surface area (Å²) in [5.74, 6) is 0. The number of aromatic nitrogens is 2. The molecule has 1 heterocycles. The highest BCUT2D eigenvalue weighted by Gasteiger charge is 2.31. The second kappa shape index (κ2) is 4.89. The number of nitrogens with zero attached hydrogens (tertiary/aromatic N) is 2. The fourth-order valence-corrected chi connectivity index (χ4v) is 2.25. The van der Waals surface area contributed by atoms with Crippen molar-refractivity contribution in [3.63, 3.8) is 0 Å². The number of hydrogen-bond acceptors (Lipinski definition) is 4. The maximum absolute atomic E-state index is 12.1. The van der Waals surface area contributed by atoms with Gasteiger partial charge in [0.1, 0.15) is 0 Å². The molecule has 0 saturated heterocycles. The first kappa shape index (κ1) is 14.4. The van der Waals surface area contributed by atoms with E-state index in [4.69, 9.17) is 0 Å². The van der Waals surface area contributed by atoms with Crippen LogP contribution in [0.1, 0.15) is 50.3 Å². The monoisotopic (exact) mass is 268 g/mol. The van der Waals surface area contributed by atoms with Crippen LogP contribution in [0.25, 0.3) is 0 Å². The Kier molecular flexibility index (Phi) is 4.14. The first-order valence-corrected chi connectivity index (χ1v) is 5.96. The van der Waals surface area contributed by atoms with Crippen molar-refractivity contribution >= 4 is 11.5 Å². The molecule has 1 aromatic rings. The number of aliphatic hydroxyl groups excluding tert-OH is 1. The molecular formula is C10H15F3N2OS. The van der Waals surface area contributed by atoms with E-state index in [1.807, 2.05) is 20.8 Å². The lowest BCUT2D eigenvalue weighted by Gasteiger charge is -2.19. The lowest BCUT2D eigenvalue weighted by molar-refractivity contribution is -0.140. The molecule has 3 nitrogen and oxygen atoms in total. The summed E-state index contributed by atoms with van der Waals surface area (Å²) in [5, 5.41) is 13.6. The van der Waals surface area contributed by atoms with Crippen LogP contribution in [-0.4, -0.2) is 20.9 Å². The molecule has 98 valence electrons. The van der Waals surface area contributed by atoms with Crippen LogP contribution in [-0.2, 0) is 5.41 Å². The summed E-state index contributed by atoms with van der Waals surface area (Å²) >= 11 is 0.957. The average molecular weight is 268 g/mol. The smallest absolute Gasteiger partial charge is 0.387 e. The van der Waals surface area contributed by atoms with Crippen LogP contribution in [0.2, 0.25) is 0 Å². The van der Waals surface area contributed by atoms with Gasteiger partial charge in [-0.3, -0.25) is 0 Å². The quantitative estimate of drug-likeness (QED) is 0.915. The molecule has 0 aliphatic carbocycles. The highest BCUT2D eigenvalue weighted by Crippen LogP contribution is 2.34. The van der Waals surface area contributed by atoms with E-state index < -0.39 is 18.7 Å². The van der Waals surface area contributed by atoms with E-state index in [1.165, 1.54) is 0 Å². The van der Waals surface area contributed by atoms with E-state index in [-0.39, 0.29) is 11.8 Å². The second-order valence-electron chi connectivity index (χ2n) is 4.91. The Morgan fingerprint density at radius 1 is 1.29 bits per heavy atom. The zero-order valence-corrected chi connectivity index (χ0v) is 10.7. The second-order valence-corrected chi connectivity index (χ2v) is 5.69. The summed E-state index contributed by atoms with van der Waals surface area (Å²) in [6, 6.07) is 0. The first-order chi connectivity index (χ1) is 7.61. The molecule has 0 radical (unpaired) electrons. The van der Waals surface area contributed by atoms with E-state index >= 15 is 0 Å². The minimum Gasteiger partial charge on any atom is -0.387 e. The van der Waals surface area contributed by atoms with Gasteiger partial charge in [-0.1, -0.05) is 25.3 Å². The van der Waals surface area contributed by atoms with Gasteiger partial charge < -0.3 is 5.11 Å². The molecule has 1 N–H and O–H groups in total. The van der Waals surface area contributed by atoms with Gasteiger partial charge in [0.05, 0.1) is 16.7 Å². The molecule has 0 saturated carbocycles. The van der Waals surface area contributed by atoms with Gasteiger partial charge >= 0.3 is 6.18 Å². The standard InChI is InChI=1S/C10H15F3N2OS/c1-9(2,3)8-7(17-15-14-8)6(16)4-5-10(11,12)13/h6,16H,4-5H2,1-3H3. The van der Waals surface area contributed by atoms with Gasteiger partial charge in [-0.05, 0) is 18.0 Å². The molecular weight excluding hydrogens is 253 g/mol. The Hall–Kier alpha value is -0.690. The first-order valence-electron chi connectivity index (χ1n) is 5.19. The van der Waals surface area contributed by atoms with Crippen LogP contribution < -0.4 is 0 Å². The van der Waals surface area contributed by atoms with Crippen molar-refractivity contribution in [2.45, 2.75) is 51.3 Å². The third kappa shape index (κ3) is 4.23. The summed E-state index contributed by atoms with van der Waals surface area (Å²) in [5.41, 5.74) is 0.235. The molecule has 0 bridgehead atoms. The minimum absolute atomic E-state index is 0.332. The van der Waals surface area contributed by atoms with Crippen LogP contribution in [0.5, 0.6) is 0 Å². The van der Waals surface area contributed by atoms with Crippen molar-refractivity contribution < 1.29 is 18.3 Å². The van der Waals surface area contributed by atoms with E-state index in [2.05, 4.69) is 9.59 Å². The van der Waals surface area contributed by atoms with E-state index in [0.717, 1.165) is 11.5 Å². The van der Waals surface area contributed by atoms with E-state index in [1.54, 1.807) is 0 Å². The maximum Gasteiger partial charge on any atom is 0.389 e. The van der Waals surface area contributed by atoms with Gasteiger partial charge in [-0.2, -0.15) is 13.2 Å². The molecule has 1 unspecified atom stereocenters. The zero-order valence-electron chi connectivity index (χ0n) is 9.88.